The fraction of sp³-hybridized carbons (Fsp3) is 0.375. The van der Waals surface area contributed by atoms with Crippen molar-refractivity contribution in [1.82, 2.24) is 0 Å². The van der Waals surface area contributed by atoms with Crippen LogP contribution in [0.25, 0.3) is 12.4 Å². The second kappa shape index (κ2) is 11.6. The second-order valence-electron chi connectivity index (χ2n) is 6.97. The van der Waals surface area contributed by atoms with Gasteiger partial charge in [0.1, 0.15) is 11.6 Å². The third-order valence-corrected chi connectivity index (χ3v) is 4.89. The van der Waals surface area contributed by atoms with Gasteiger partial charge in [0.2, 0.25) is 0 Å². The number of aliphatic imine (C=N–C) groups is 1. The van der Waals surface area contributed by atoms with Gasteiger partial charge in [0.15, 0.2) is 11.5 Å². The first-order chi connectivity index (χ1) is 14.4. The molecule has 2 aromatic rings. The SMILES string of the molecule is C=c1cc(OC)c(OC(CCC)CCC)c/c1=C(/N=CC)Nc1ccc(F)c(Cl)c1. The molecule has 0 spiro atoms. The number of rotatable bonds is 10. The summed E-state index contributed by atoms with van der Waals surface area (Å²) in [6.07, 6.45) is 5.80. The Bertz CT molecular complexity index is 985. The molecule has 162 valence electrons. The highest BCUT2D eigenvalue weighted by Crippen LogP contribution is 2.27. The zero-order valence-electron chi connectivity index (χ0n) is 18.1. The van der Waals surface area contributed by atoms with Gasteiger partial charge in [-0.25, -0.2) is 9.38 Å². The lowest BCUT2D eigenvalue weighted by Crippen LogP contribution is -2.29. The van der Waals surface area contributed by atoms with Crippen molar-refractivity contribution in [3.63, 3.8) is 0 Å². The van der Waals surface area contributed by atoms with E-state index in [-0.39, 0.29) is 11.1 Å². The zero-order valence-corrected chi connectivity index (χ0v) is 18.9. The Labute approximate surface area is 183 Å². The van der Waals surface area contributed by atoms with E-state index in [0.29, 0.717) is 23.0 Å². The third kappa shape index (κ3) is 6.23. The summed E-state index contributed by atoms with van der Waals surface area (Å²) in [7, 11) is 1.61. The van der Waals surface area contributed by atoms with Crippen LogP contribution in [0, 0.1) is 5.82 Å². The van der Waals surface area contributed by atoms with Crippen LogP contribution in [0.3, 0.4) is 0 Å². The second-order valence-corrected chi connectivity index (χ2v) is 7.37. The number of hydrogen-bond acceptors (Lipinski definition) is 4. The van der Waals surface area contributed by atoms with Gasteiger partial charge in [0.05, 0.1) is 18.2 Å². The summed E-state index contributed by atoms with van der Waals surface area (Å²) in [6, 6.07) is 8.16. The van der Waals surface area contributed by atoms with Crippen LogP contribution in [0.2, 0.25) is 5.02 Å². The molecule has 0 heterocycles. The molecule has 0 saturated carbocycles. The van der Waals surface area contributed by atoms with Crippen LogP contribution >= 0.6 is 11.6 Å². The van der Waals surface area contributed by atoms with E-state index in [4.69, 9.17) is 21.1 Å². The minimum atomic E-state index is -0.473. The normalized spacial score (nSPS) is 12.4. The minimum absolute atomic E-state index is 0.0374. The van der Waals surface area contributed by atoms with Crippen LogP contribution < -0.4 is 25.2 Å². The number of benzene rings is 2. The molecular formula is C24H30ClFN2O2. The monoisotopic (exact) mass is 432 g/mol. The number of nitrogens with zero attached hydrogens (tertiary/aromatic N) is 1. The van der Waals surface area contributed by atoms with Crippen LogP contribution in [0.15, 0.2) is 35.3 Å². The van der Waals surface area contributed by atoms with Crippen LogP contribution in [0.5, 0.6) is 11.5 Å². The van der Waals surface area contributed by atoms with Crippen LogP contribution in [-0.4, -0.2) is 19.4 Å². The molecule has 0 amide bonds. The fourth-order valence-corrected chi connectivity index (χ4v) is 3.35. The van der Waals surface area contributed by atoms with Crippen molar-refractivity contribution in [2.75, 3.05) is 12.4 Å². The van der Waals surface area contributed by atoms with E-state index < -0.39 is 5.82 Å². The Balaban J connectivity index is 2.57. The summed E-state index contributed by atoms with van der Waals surface area (Å²) in [5, 5.41) is 4.73. The molecule has 0 aliphatic rings. The maximum absolute atomic E-state index is 13.5. The summed E-state index contributed by atoms with van der Waals surface area (Å²) < 4.78 is 25.4. The zero-order chi connectivity index (χ0) is 22.1. The van der Waals surface area contributed by atoms with Gasteiger partial charge < -0.3 is 14.8 Å². The molecule has 0 aromatic heterocycles. The molecule has 0 aliphatic carbocycles. The average molecular weight is 433 g/mol. The summed E-state index contributed by atoms with van der Waals surface area (Å²) >= 11 is 5.92. The first-order valence-corrected chi connectivity index (χ1v) is 10.6. The molecule has 0 atom stereocenters. The Hall–Kier alpha value is -2.53. The van der Waals surface area contributed by atoms with Crippen molar-refractivity contribution >= 4 is 35.9 Å². The number of hydrogen-bond donors (Lipinski definition) is 1. The summed E-state index contributed by atoms with van der Waals surface area (Å²) in [4.78, 5) is 4.46. The molecule has 0 radical (unpaired) electrons. The molecule has 0 fully saturated rings. The van der Waals surface area contributed by atoms with E-state index in [1.54, 1.807) is 19.4 Å². The van der Waals surface area contributed by atoms with Crippen molar-refractivity contribution in [3.05, 3.63) is 51.6 Å². The molecule has 0 saturated heterocycles. The average Bonchev–Trinajstić information content (AvgIpc) is 2.71. The Kier molecular flexibility index (Phi) is 9.18. The van der Waals surface area contributed by atoms with E-state index in [1.165, 1.54) is 12.1 Å². The lowest BCUT2D eigenvalue weighted by Gasteiger charge is -2.20. The molecule has 0 bridgehead atoms. The Morgan fingerprint density at radius 1 is 1.20 bits per heavy atom. The highest BCUT2D eigenvalue weighted by Gasteiger charge is 2.14. The van der Waals surface area contributed by atoms with Gasteiger partial charge in [0, 0.05) is 17.1 Å². The lowest BCUT2D eigenvalue weighted by atomic mass is 10.1. The van der Waals surface area contributed by atoms with Crippen molar-refractivity contribution in [2.45, 2.75) is 52.6 Å². The maximum Gasteiger partial charge on any atom is 0.162 e. The number of methoxy groups -OCH3 is 1. The molecule has 1 N–H and O–H groups in total. The van der Waals surface area contributed by atoms with Crippen LogP contribution in [0.4, 0.5) is 10.1 Å². The predicted octanol–water partition coefficient (Wildman–Crippen LogP) is 5.51. The van der Waals surface area contributed by atoms with E-state index in [1.807, 2.05) is 19.1 Å². The molecule has 2 aromatic carbocycles. The van der Waals surface area contributed by atoms with Gasteiger partial charge in [-0.05, 0) is 55.3 Å². The molecule has 2 rings (SSSR count). The molecular weight excluding hydrogens is 403 g/mol. The smallest absolute Gasteiger partial charge is 0.162 e. The van der Waals surface area contributed by atoms with E-state index >= 15 is 0 Å². The Morgan fingerprint density at radius 3 is 2.47 bits per heavy atom. The van der Waals surface area contributed by atoms with Gasteiger partial charge in [-0.1, -0.05) is 44.9 Å². The molecule has 0 unspecified atom stereocenters. The first-order valence-electron chi connectivity index (χ1n) is 10.2. The molecule has 0 aliphatic heterocycles. The topological polar surface area (TPSA) is 42.9 Å². The predicted molar refractivity (Wildman–Crippen MR) is 125 cm³/mol. The fourth-order valence-electron chi connectivity index (χ4n) is 3.17. The van der Waals surface area contributed by atoms with E-state index in [9.17, 15) is 4.39 Å². The number of halogens is 2. The molecule has 4 nitrogen and oxygen atoms in total. The summed E-state index contributed by atoms with van der Waals surface area (Å²) in [5.74, 6) is 1.36. The largest absolute Gasteiger partial charge is 0.493 e. The Morgan fingerprint density at radius 2 is 1.90 bits per heavy atom. The van der Waals surface area contributed by atoms with E-state index in [2.05, 4.69) is 30.7 Å². The maximum atomic E-state index is 13.5. The van der Waals surface area contributed by atoms with Crippen molar-refractivity contribution in [3.8, 4) is 11.5 Å². The minimum Gasteiger partial charge on any atom is -0.493 e. The summed E-state index contributed by atoms with van der Waals surface area (Å²) in [5.41, 5.74) is 0.620. The molecule has 30 heavy (non-hydrogen) atoms. The van der Waals surface area contributed by atoms with Gasteiger partial charge in [0.25, 0.3) is 0 Å². The van der Waals surface area contributed by atoms with Crippen molar-refractivity contribution in [1.29, 1.82) is 0 Å². The van der Waals surface area contributed by atoms with Gasteiger partial charge in [-0.3, -0.25) is 0 Å². The highest BCUT2D eigenvalue weighted by atomic mass is 35.5. The van der Waals surface area contributed by atoms with Gasteiger partial charge in [-0.2, -0.15) is 0 Å². The standard InChI is InChI=1S/C24H30ClFN2O2/c1-6-9-18(10-7-2)30-23-15-19(16(4)13-22(23)29-5)24(27-8-3)28-17-11-12-21(26)20(25)14-17/h8,11-15,18,28H,4,6-7,9-10H2,1-3,5H3/b24-19+,27-8?. The van der Waals surface area contributed by atoms with Gasteiger partial charge >= 0.3 is 0 Å². The van der Waals surface area contributed by atoms with Crippen molar-refractivity contribution in [2.24, 2.45) is 4.99 Å². The lowest BCUT2D eigenvalue weighted by molar-refractivity contribution is 0.171. The van der Waals surface area contributed by atoms with Gasteiger partial charge in [-0.15, -0.1) is 0 Å². The first kappa shape index (κ1) is 23.7. The number of anilines is 1. The van der Waals surface area contributed by atoms with Crippen LogP contribution in [-0.2, 0) is 0 Å². The molecule has 6 heteroatoms. The van der Waals surface area contributed by atoms with E-state index in [0.717, 1.165) is 36.1 Å². The van der Waals surface area contributed by atoms with Crippen LogP contribution in [0.1, 0.15) is 46.5 Å². The van der Waals surface area contributed by atoms with Crippen molar-refractivity contribution < 1.29 is 13.9 Å². The quantitative estimate of drug-likeness (QED) is 0.503. The number of ether oxygens (including phenoxy) is 2. The summed E-state index contributed by atoms with van der Waals surface area (Å²) in [6.45, 7) is 10.3. The number of nitrogens with one attached hydrogen (secondary N) is 1. The highest BCUT2D eigenvalue weighted by molar-refractivity contribution is 6.31. The third-order valence-electron chi connectivity index (χ3n) is 4.60.